The van der Waals surface area contributed by atoms with Crippen LogP contribution in [0.3, 0.4) is 0 Å². The van der Waals surface area contributed by atoms with Gasteiger partial charge >= 0.3 is 5.97 Å². The molecule has 1 aromatic rings. The fraction of sp³-hybridized carbons (Fsp3) is 0.100. The maximum atomic E-state index is 11.2. The van der Waals surface area contributed by atoms with E-state index >= 15 is 0 Å². The van der Waals surface area contributed by atoms with Crippen LogP contribution in [0.4, 0.5) is 5.69 Å². The topological polar surface area (TPSA) is 83.3 Å². The Morgan fingerprint density at radius 1 is 1.31 bits per heavy atom. The maximum absolute atomic E-state index is 11.2. The number of benzene rings is 1. The summed E-state index contributed by atoms with van der Waals surface area (Å²) in [6, 6.07) is 9.11. The second-order valence-corrected chi connectivity index (χ2v) is 3.06. The number of nitrogens with zero attached hydrogens (tertiary/aromatic N) is 2. The van der Waals surface area contributed by atoms with E-state index in [9.17, 15) is 4.79 Å². The number of oxime groups is 1. The summed E-state index contributed by atoms with van der Waals surface area (Å²) in [7, 11) is 0. The molecule has 16 heavy (non-hydrogen) atoms. The van der Waals surface area contributed by atoms with Crippen molar-refractivity contribution in [3.8, 4) is 0 Å². The van der Waals surface area contributed by atoms with Crippen molar-refractivity contribution in [2.45, 2.75) is 0 Å². The zero-order chi connectivity index (χ0) is 11.4. The van der Waals surface area contributed by atoms with Gasteiger partial charge in [-0.2, -0.15) is 5.10 Å². The van der Waals surface area contributed by atoms with Crippen molar-refractivity contribution in [3.05, 3.63) is 30.3 Å². The van der Waals surface area contributed by atoms with Crippen LogP contribution in [-0.2, 0) is 9.53 Å². The number of anilines is 1. The van der Waals surface area contributed by atoms with Crippen molar-refractivity contribution in [1.82, 2.24) is 0 Å². The first kappa shape index (κ1) is 10.2. The number of carbonyl (C=O) groups excluding carboxylic acids is 1. The van der Waals surface area contributed by atoms with E-state index in [0.29, 0.717) is 0 Å². The summed E-state index contributed by atoms with van der Waals surface area (Å²) in [6.45, 7) is -0.0510. The molecule has 0 spiro atoms. The van der Waals surface area contributed by atoms with Gasteiger partial charge in [-0.1, -0.05) is 23.4 Å². The number of cyclic esters (lactones) is 1. The Bertz CT molecular complexity index is 454. The number of hydrazone groups is 1. The van der Waals surface area contributed by atoms with Gasteiger partial charge in [0.15, 0.2) is 11.4 Å². The molecule has 0 aliphatic carbocycles. The van der Waals surface area contributed by atoms with Crippen molar-refractivity contribution in [1.29, 1.82) is 0 Å². The summed E-state index contributed by atoms with van der Waals surface area (Å²) in [4.78, 5) is 11.2. The van der Waals surface area contributed by atoms with Crippen molar-refractivity contribution in [3.63, 3.8) is 0 Å². The molecule has 1 aromatic carbocycles. The maximum Gasteiger partial charge on any atom is 0.361 e. The number of ether oxygens (including phenoxy) is 1. The summed E-state index contributed by atoms with van der Waals surface area (Å²) >= 11 is 0. The molecule has 6 heteroatoms. The lowest BCUT2D eigenvalue weighted by Crippen LogP contribution is -2.16. The molecule has 1 fully saturated rings. The molecule has 0 aromatic heterocycles. The lowest BCUT2D eigenvalue weighted by Gasteiger charge is -1.99. The third-order valence-electron chi connectivity index (χ3n) is 2.00. The highest BCUT2D eigenvalue weighted by atomic mass is 16.5. The second-order valence-electron chi connectivity index (χ2n) is 3.06. The number of nitrogens with one attached hydrogen (secondary N) is 1. The minimum Gasteiger partial charge on any atom is -0.454 e. The minimum absolute atomic E-state index is 0.00801. The molecule has 0 atom stereocenters. The van der Waals surface area contributed by atoms with Gasteiger partial charge in [-0.3, -0.25) is 5.43 Å². The first-order valence-corrected chi connectivity index (χ1v) is 4.58. The monoisotopic (exact) mass is 219 g/mol. The van der Waals surface area contributed by atoms with Gasteiger partial charge in [0.2, 0.25) is 0 Å². The fourth-order valence-corrected chi connectivity index (χ4v) is 1.21. The van der Waals surface area contributed by atoms with E-state index in [-0.39, 0.29) is 18.0 Å². The van der Waals surface area contributed by atoms with Crippen LogP contribution in [0.1, 0.15) is 0 Å². The van der Waals surface area contributed by atoms with Crippen LogP contribution in [0.5, 0.6) is 0 Å². The number of hydrogen-bond donors (Lipinski definition) is 2. The van der Waals surface area contributed by atoms with E-state index in [4.69, 9.17) is 5.21 Å². The molecule has 2 N–H and O–H groups in total. The Labute approximate surface area is 91.2 Å². The summed E-state index contributed by atoms with van der Waals surface area (Å²) in [5.41, 5.74) is 3.52. The minimum atomic E-state index is -0.601. The first-order chi connectivity index (χ1) is 7.81. The molecule has 0 bridgehead atoms. The third kappa shape index (κ3) is 2.00. The zero-order valence-corrected chi connectivity index (χ0v) is 8.25. The highest BCUT2D eigenvalue weighted by molar-refractivity contribution is 6.68. The van der Waals surface area contributed by atoms with Crippen LogP contribution < -0.4 is 5.43 Å². The van der Waals surface area contributed by atoms with Gasteiger partial charge in [-0.15, -0.1) is 0 Å². The molecule has 0 unspecified atom stereocenters. The molecule has 1 aliphatic rings. The van der Waals surface area contributed by atoms with Crippen molar-refractivity contribution in [2.24, 2.45) is 10.3 Å². The lowest BCUT2D eigenvalue weighted by molar-refractivity contribution is -0.132. The standard InChI is InChI=1S/C10H9N3O3/c14-10-9(8(13-15)6-16-10)12-11-7-4-2-1-3-5-7/h1-5,11,15H,6H2/b12-9+,13-8+. The lowest BCUT2D eigenvalue weighted by atomic mass is 10.3. The Morgan fingerprint density at radius 3 is 2.75 bits per heavy atom. The molecule has 0 saturated carbocycles. The highest BCUT2D eigenvalue weighted by Gasteiger charge is 2.29. The Kier molecular flexibility index (Phi) is 2.81. The molecule has 1 saturated heterocycles. The van der Waals surface area contributed by atoms with Crippen molar-refractivity contribution in [2.75, 3.05) is 12.0 Å². The number of rotatable bonds is 2. The van der Waals surface area contributed by atoms with Gasteiger partial charge in [-0.05, 0) is 12.1 Å². The number of carbonyl (C=O) groups is 1. The normalized spacial score (nSPS) is 20.1. The Hall–Kier alpha value is -2.37. The van der Waals surface area contributed by atoms with Gasteiger partial charge in [0.1, 0.15) is 6.61 Å². The molecule has 1 heterocycles. The SMILES string of the molecule is O=C1OCC(=N\O)/C1=N\Nc1ccccc1. The predicted molar refractivity (Wildman–Crippen MR) is 57.7 cm³/mol. The molecule has 1 aliphatic heterocycles. The largest absolute Gasteiger partial charge is 0.454 e. The zero-order valence-electron chi connectivity index (χ0n) is 8.25. The fourth-order valence-electron chi connectivity index (χ4n) is 1.21. The van der Waals surface area contributed by atoms with E-state index in [1.807, 2.05) is 18.2 Å². The van der Waals surface area contributed by atoms with Gasteiger partial charge < -0.3 is 9.94 Å². The molecule has 82 valence electrons. The van der Waals surface area contributed by atoms with Gasteiger partial charge in [-0.25, -0.2) is 4.79 Å². The van der Waals surface area contributed by atoms with E-state index in [1.165, 1.54) is 0 Å². The summed E-state index contributed by atoms with van der Waals surface area (Å²) < 4.78 is 4.66. The van der Waals surface area contributed by atoms with Gasteiger partial charge in [0, 0.05) is 0 Å². The van der Waals surface area contributed by atoms with Crippen molar-refractivity contribution >= 4 is 23.1 Å². The highest BCUT2D eigenvalue weighted by Crippen LogP contribution is 2.06. The molecule has 0 radical (unpaired) electrons. The van der Waals surface area contributed by atoms with E-state index < -0.39 is 5.97 Å². The van der Waals surface area contributed by atoms with Crippen LogP contribution >= 0.6 is 0 Å². The number of esters is 1. The summed E-state index contributed by atoms with van der Waals surface area (Å²) in [5, 5.41) is 15.4. The van der Waals surface area contributed by atoms with Gasteiger partial charge in [0.05, 0.1) is 5.69 Å². The molecular formula is C10H9N3O3. The smallest absolute Gasteiger partial charge is 0.361 e. The van der Waals surface area contributed by atoms with Crippen LogP contribution in [0.15, 0.2) is 40.6 Å². The van der Waals surface area contributed by atoms with Gasteiger partial charge in [0.25, 0.3) is 0 Å². The molecular weight excluding hydrogens is 210 g/mol. The third-order valence-corrected chi connectivity index (χ3v) is 2.00. The van der Waals surface area contributed by atoms with E-state index in [0.717, 1.165) is 5.69 Å². The Balaban J connectivity index is 2.15. The second kappa shape index (κ2) is 4.43. The van der Waals surface area contributed by atoms with Crippen LogP contribution in [0.2, 0.25) is 0 Å². The van der Waals surface area contributed by atoms with E-state index in [2.05, 4.69) is 20.4 Å². The van der Waals surface area contributed by atoms with Crippen LogP contribution in [0.25, 0.3) is 0 Å². The van der Waals surface area contributed by atoms with Crippen LogP contribution in [-0.4, -0.2) is 29.2 Å². The average Bonchev–Trinajstić information content (AvgIpc) is 2.69. The Morgan fingerprint density at radius 2 is 2.06 bits per heavy atom. The molecule has 0 amide bonds. The van der Waals surface area contributed by atoms with E-state index in [1.54, 1.807) is 12.1 Å². The number of hydrogen-bond acceptors (Lipinski definition) is 6. The first-order valence-electron chi connectivity index (χ1n) is 4.58. The molecule has 6 nitrogen and oxygen atoms in total. The molecule has 2 rings (SSSR count). The summed E-state index contributed by atoms with van der Waals surface area (Å²) in [5.74, 6) is -0.601. The average molecular weight is 219 g/mol. The predicted octanol–water partition coefficient (Wildman–Crippen LogP) is 0.842. The summed E-state index contributed by atoms with van der Waals surface area (Å²) in [6.07, 6.45) is 0. The van der Waals surface area contributed by atoms with Crippen molar-refractivity contribution < 1.29 is 14.7 Å². The quantitative estimate of drug-likeness (QED) is 0.438. The van der Waals surface area contributed by atoms with Crippen LogP contribution in [0, 0.1) is 0 Å². The number of para-hydroxylation sites is 1.